The van der Waals surface area contributed by atoms with E-state index in [0.717, 1.165) is 48.5 Å². The highest BCUT2D eigenvalue weighted by Gasteiger charge is 2.17. The topological polar surface area (TPSA) is 41.9 Å². The molecule has 1 amide bonds. The molecule has 124 valence electrons. The van der Waals surface area contributed by atoms with Crippen molar-refractivity contribution in [3.05, 3.63) is 59.7 Å². The van der Waals surface area contributed by atoms with Crippen molar-refractivity contribution in [1.82, 2.24) is 4.90 Å². The Morgan fingerprint density at radius 3 is 2.29 bits per heavy atom. The van der Waals surface area contributed by atoms with Crippen LogP contribution in [-0.4, -0.2) is 37.2 Å². The van der Waals surface area contributed by atoms with Crippen molar-refractivity contribution in [3.8, 4) is 5.75 Å². The summed E-state index contributed by atoms with van der Waals surface area (Å²) in [6.45, 7) is 1.74. The Kier molecular flexibility index (Phi) is 5.26. The number of methoxy groups -OCH3 is 1. The summed E-state index contributed by atoms with van der Waals surface area (Å²) in [4.78, 5) is 18.8. The molecular formula is C20H22N2O2. The van der Waals surface area contributed by atoms with Crippen molar-refractivity contribution in [2.45, 2.75) is 19.3 Å². The van der Waals surface area contributed by atoms with Crippen LogP contribution in [0, 0.1) is 0 Å². The Hall–Kier alpha value is -2.62. The summed E-state index contributed by atoms with van der Waals surface area (Å²) in [7, 11) is 1.65. The quantitative estimate of drug-likeness (QED) is 0.796. The van der Waals surface area contributed by atoms with Crippen LogP contribution in [0.4, 0.5) is 5.69 Å². The van der Waals surface area contributed by atoms with Crippen LogP contribution in [0.2, 0.25) is 0 Å². The molecule has 0 aliphatic carbocycles. The Morgan fingerprint density at radius 1 is 1.00 bits per heavy atom. The lowest BCUT2D eigenvalue weighted by Crippen LogP contribution is -2.35. The van der Waals surface area contributed by atoms with Gasteiger partial charge in [-0.3, -0.25) is 9.79 Å². The lowest BCUT2D eigenvalue weighted by Gasteiger charge is -2.26. The molecule has 24 heavy (non-hydrogen) atoms. The summed E-state index contributed by atoms with van der Waals surface area (Å²) < 4.78 is 5.14. The van der Waals surface area contributed by atoms with E-state index in [1.54, 1.807) is 13.3 Å². The fraction of sp³-hybridized carbons (Fsp3) is 0.300. The maximum Gasteiger partial charge on any atom is 0.253 e. The Labute approximate surface area is 142 Å². The van der Waals surface area contributed by atoms with Crippen LogP contribution >= 0.6 is 0 Å². The molecule has 2 aromatic carbocycles. The first-order valence-electron chi connectivity index (χ1n) is 8.34. The van der Waals surface area contributed by atoms with E-state index in [2.05, 4.69) is 4.99 Å². The molecule has 0 aromatic heterocycles. The molecule has 0 N–H and O–H groups in total. The molecule has 1 aliphatic heterocycles. The van der Waals surface area contributed by atoms with Crippen molar-refractivity contribution in [2.75, 3.05) is 20.2 Å². The number of carbonyl (C=O) groups is 1. The highest BCUT2D eigenvalue weighted by Crippen LogP contribution is 2.17. The summed E-state index contributed by atoms with van der Waals surface area (Å²) in [6.07, 6.45) is 5.25. The van der Waals surface area contributed by atoms with Gasteiger partial charge in [-0.15, -0.1) is 0 Å². The van der Waals surface area contributed by atoms with E-state index < -0.39 is 0 Å². The van der Waals surface area contributed by atoms with Crippen LogP contribution in [0.25, 0.3) is 0 Å². The SMILES string of the molecule is COc1ccc(C=Nc2ccc(C(=O)N3CCCCC3)cc2)cc1. The number of nitrogens with zero attached hydrogens (tertiary/aromatic N) is 2. The van der Waals surface area contributed by atoms with Gasteiger partial charge in [-0.1, -0.05) is 0 Å². The molecule has 1 fully saturated rings. The Bertz CT molecular complexity index is 699. The smallest absolute Gasteiger partial charge is 0.253 e. The first-order valence-corrected chi connectivity index (χ1v) is 8.34. The van der Waals surface area contributed by atoms with Crippen LogP contribution in [0.1, 0.15) is 35.2 Å². The monoisotopic (exact) mass is 322 g/mol. The zero-order valence-corrected chi connectivity index (χ0v) is 13.9. The van der Waals surface area contributed by atoms with E-state index >= 15 is 0 Å². The molecule has 4 heteroatoms. The van der Waals surface area contributed by atoms with Gasteiger partial charge in [0, 0.05) is 24.9 Å². The zero-order chi connectivity index (χ0) is 16.8. The minimum atomic E-state index is 0.125. The summed E-state index contributed by atoms with van der Waals surface area (Å²) in [5.74, 6) is 0.952. The second-order valence-electron chi connectivity index (χ2n) is 5.93. The Morgan fingerprint density at radius 2 is 1.67 bits per heavy atom. The number of hydrogen-bond donors (Lipinski definition) is 0. The molecule has 0 bridgehead atoms. The number of amides is 1. The van der Waals surface area contributed by atoms with Gasteiger partial charge < -0.3 is 9.64 Å². The molecular weight excluding hydrogens is 300 g/mol. The highest BCUT2D eigenvalue weighted by atomic mass is 16.5. The summed E-state index contributed by atoms with van der Waals surface area (Å²) in [6, 6.07) is 15.2. The molecule has 3 rings (SSSR count). The third-order valence-corrected chi connectivity index (χ3v) is 4.24. The molecule has 1 aliphatic rings. The van der Waals surface area contributed by atoms with E-state index in [1.807, 2.05) is 53.4 Å². The van der Waals surface area contributed by atoms with E-state index in [1.165, 1.54) is 6.42 Å². The molecule has 0 spiro atoms. The molecule has 2 aromatic rings. The van der Waals surface area contributed by atoms with E-state index in [-0.39, 0.29) is 5.91 Å². The first kappa shape index (κ1) is 16.2. The van der Waals surface area contributed by atoms with Crippen LogP contribution in [0.15, 0.2) is 53.5 Å². The standard InChI is InChI=1S/C20H22N2O2/c1-24-19-11-5-16(6-12-19)15-21-18-9-7-17(8-10-18)20(23)22-13-3-2-4-14-22/h5-12,15H,2-4,13-14H2,1H3. The average molecular weight is 322 g/mol. The fourth-order valence-corrected chi connectivity index (χ4v) is 2.81. The molecule has 0 saturated carbocycles. The number of carbonyl (C=O) groups excluding carboxylic acids is 1. The minimum Gasteiger partial charge on any atom is -0.497 e. The Balaban J connectivity index is 1.65. The maximum atomic E-state index is 12.4. The molecule has 0 radical (unpaired) electrons. The second-order valence-corrected chi connectivity index (χ2v) is 5.93. The van der Waals surface area contributed by atoms with Gasteiger partial charge in [-0.25, -0.2) is 0 Å². The van der Waals surface area contributed by atoms with Crippen LogP contribution in [-0.2, 0) is 0 Å². The molecule has 0 unspecified atom stereocenters. The van der Waals surface area contributed by atoms with Gasteiger partial charge >= 0.3 is 0 Å². The minimum absolute atomic E-state index is 0.125. The van der Waals surface area contributed by atoms with Gasteiger partial charge in [0.25, 0.3) is 5.91 Å². The number of rotatable bonds is 4. The van der Waals surface area contributed by atoms with E-state index in [0.29, 0.717) is 0 Å². The van der Waals surface area contributed by atoms with E-state index in [9.17, 15) is 4.79 Å². The van der Waals surface area contributed by atoms with Crippen LogP contribution in [0.3, 0.4) is 0 Å². The molecule has 4 nitrogen and oxygen atoms in total. The van der Waals surface area contributed by atoms with Gasteiger partial charge in [0.15, 0.2) is 0 Å². The van der Waals surface area contributed by atoms with Crippen molar-refractivity contribution in [1.29, 1.82) is 0 Å². The van der Waals surface area contributed by atoms with Crippen molar-refractivity contribution >= 4 is 17.8 Å². The second kappa shape index (κ2) is 7.77. The van der Waals surface area contributed by atoms with Crippen molar-refractivity contribution in [2.24, 2.45) is 4.99 Å². The normalized spacial score (nSPS) is 14.8. The van der Waals surface area contributed by atoms with Gasteiger partial charge in [-0.05, 0) is 73.4 Å². The van der Waals surface area contributed by atoms with Crippen molar-refractivity contribution < 1.29 is 9.53 Å². The van der Waals surface area contributed by atoms with Crippen molar-refractivity contribution in [3.63, 3.8) is 0 Å². The van der Waals surface area contributed by atoms with Gasteiger partial charge in [0.1, 0.15) is 5.75 Å². The third kappa shape index (κ3) is 4.02. The van der Waals surface area contributed by atoms with Gasteiger partial charge in [0.05, 0.1) is 12.8 Å². The first-order chi connectivity index (χ1) is 11.8. The predicted octanol–water partition coefficient (Wildman–Crippen LogP) is 4.07. The van der Waals surface area contributed by atoms with Gasteiger partial charge in [-0.2, -0.15) is 0 Å². The number of benzene rings is 2. The predicted molar refractivity (Wildman–Crippen MR) is 96.4 cm³/mol. The lowest BCUT2D eigenvalue weighted by molar-refractivity contribution is 0.0724. The maximum absolute atomic E-state index is 12.4. The molecule has 1 saturated heterocycles. The number of hydrogen-bond acceptors (Lipinski definition) is 3. The molecule has 0 atom stereocenters. The highest BCUT2D eigenvalue weighted by molar-refractivity contribution is 5.94. The summed E-state index contributed by atoms with van der Waals surface area (Å²) in [5, 5.41) is 0. The number of likely N-dealkylation sites (tertiary alicyclic amines) is 1. The lowest BCUT2D eigenvalue weighted by atomic mass is 10.1. The number of piperidine rings is 1. The number of ether oxygens (including phenoxy) is 1. The van der Waals surface area contributed by atoms with E-state index in [4.69, 9.17) is 4.74 Å². The zero-order valence-electron chi connectivity index (χ0n) is 13.9. The number of aliphatic imine (C=N–C) groups is 1. The molecule has 1 heterocycles. The summed E-state index contributed by atoms with van der Waals surface area (Å²) >= 11 is 0. The summed E-state index contributed by atoms with van der Waals surface area (Å²) in [5.41, 5.74) is 2.57. The van der Waals surface area contributed by atoms with Crippen LogP contribution < -0.4 is 4.74 Å². The van der Waals surface area contributed by atoms with Crippen LogP contribution in [0.5, 0.6) is 5.75 Å². The average Bonchev–Trinajstić information content (AvgIpc) is 2.67. The van der Waals surface area contributed by atoms with Gasteiger partial charge in [0.2, 0.25) is 0 Å². The largest absolute Gasteiger partial charge is 0.497 e. The fourth-order valence-electron chi connectivity index (χ4n) is 2.81. The third-order valence-electron chi connectivity index (χ3n) is 4.24.